The van der Waals surface area contributed by atoms with Gasteiger partial charge >= 0.3 is 0 Å². The van der Waals surface area contributed by atoms with Crippen LogP contribution in [0.25, 0.3) is 11.0 Å². The molecule has 0 bridgehead atoms. The third-order valence-corrected chi connectivity index (χ3v) is 2.97. The van der Waals surface area contributed by atoms with Gasteiger partial charge in [0.1, 0.15) is 0 Å². The molecule has 2 aromatic rings. The van der Waals surface area contributed by atoms with E-state index in [0.29, 0.717) is 11.6 Å². The number of nitrogen functional groups attached to an aromatic ring is 1. The quantitative estimate of drug-likeness (QED) is 0.664. The normalized spacial score (nSPS) is 10.8. The second-order valence-corrected chi connectivity index (χ2v) is 4.51. The van der Waals surface area contributed by atoms with Crippen LogP contribution in [0, 0.1) is 0 Å². The van der Waals surface area contributed by atoms with Crippen LogP contribution in [0.5, 0.6) is 0 Å². The predicted molar refractivity (Wildman–Crippen MR) is 78.0 cm³/mol. The number of aromatic nitrogens is 2. The average Bonchev–Trinajstić information content (AvgIpc) is 2.43. The van der Waals surface area contributed by atoms with Gasteiger partial charge in [-0.25, -0.2) is 9.97 Å². The largest absolute Gasteiger partial charge is 0.396 e. The third kappa shape index (κ3) is 3.79. The number of para-hydroxylation sites is 2. The fourth-order valence-corrected chi connectivity index (χ4v) is 1.94. The molecule has 19 heavy (non-hydrogen) atoms. The zero-order valence-corrected chi connectivity index (χ0v) is 11.0. The van der Waals surface area contributed by atoms with Gasteiger partial charge in [-0.05, 0) is 25.0 Å². The number of nitrogens with one attached hydrogen (secondary N) is 1. The van der Waals surface area contributed by atoms with E-state index in [1.165, 1.54) is 0 Å². The Morgan fingerprint density at radius 1 is 1.00 bits per heavy atom. The third-order valence-electron chi connectivity index (χ3n) is 2.97. The maximum Gasteiger partial charge on any atom is 0.169 e. The van der Waals surface area contributed by atoms with Crippen molar-refractivity contribution in [3.8, 4) is 0 Å². The van der Waals surface area contributed by atoms with Crippen LogP contribution in [-0.2, 0) is 0 Å². The molecule has 1 aromatic heterocycles. The van der Waals surface area contributed by atoms with Crippen LogP contribution in [0.3, 0.4) is 0 Å². The maximum atomic E-state index is 8.69. The van der Waals surface area contributed by atoms with Gasteiger partial charge in [0.2, 0.25) is 0 Å². The Kier molecular flexibility index (Phi) is 4.92. The minimum atomic E-state index is 0.274. The summed E-state index contributed by atoms with van der Waals surface area (Å²) < 4.78 is 0. The van der Waals surface area contributed by atoms with Crippen LogP contribution in [-0.4, -0.2) is 28.2 Å². The highest BCUT2D eigenvalue weighted by Gasteiger charge is 2.04. The smallest absolute Gasteiger partial charge is 0.169 e. The van der Waals surface area contributed by atoms with E-state index in [0.717, 1.165) is 43.3 Å². The van der Waals surface area contributed by atoms with Crippen molar-refractivity contribution >= 4 is 22.7 Å². The lowest BCUT2D eigenvalue weighted by Gasteiger charge is -2.08. The Morgan fingerprint density at radius 2 is 1.68 bits per heavy atom. The summed E-state index contributed by atoms with van der Waals surface area (Å²) in [7, 11) is 0. The first-order chi connectivity index (χ1) is 9.31. The SMILES string of the molecule is Nc1nc2ccccc2nc1NCCCCCCO. The Balaban J connectivity index is 1.91. The molecule has 0 saturated carbocycles. The van der Waals surface area contributed by atoms with Crippen molar-refractivity contribution < 1.29 is 5.11 Å². The lowest BCUT2D eigenvalue weighted by atomic mass is 10.2. The summed E-state index contributed by atoms with van der Waals surface area (Å²) in [6.07, 6.45) is 4.05. The zero-order chi connectivity index (χ0) is 13.5. The minimum Gasteiger partial charge on any atom is -0.396 e. The Hall–Kier alpha value is -1.88. The van der Waals surface area contributed by atoms with E-state index in [-0.39, 0.29) is 6.61 Å². The Labute approximate surface area is 112 Å². The van der Waals surface area contributed by atoms with E-state index in [1.807, 2.05) is 24.3 Å². The molecule has 0 aliphatic heterocycles. The average molecular weight is 260 g/mol. The highest BCUT2D eigenvalue weighted by atomic mass is 16.2. The van der Waals surface area contributed by atoms with Crippen LogP contribution < -0.4 is 11.1 Å². The van der Waals surface area contributed by atoms with Gasteiger partial charge < -0.3 is 16.2 Å². The van der Waals surface area contributed by atoms with E-state index in [1.54, 1.807) is 0 Å². The number of aliphatic hydroxyl groups is 1. The molecule has 0 amide bonds. The Morgan fingerprint density at radius 3 is 2.42 bits per heavy atom. The molecule has 102 valence electrons. The molecule has 1 aromatic carbocycles. The summed E-state index contributed by atoms with van der Waals surface area (Å²) >= 11 is 0. The molecule has 0 aliphatic carbocycles. The van der Waals surface area contributed by atoms with Crippen molar-refractivity contribution in [1.82, 2.24) is 9.97 Å². The van der Waals surface area contributed by atoms with Gasteiger partial charge in [-0.15, -0.1) is 0 Å². The lowest BCUT2D eigenvalue weighted by molar-refractivity contribution is 0.283. The number of hydrogen-bond donors (Lipinski definition) is 3. The van der Waals surface area contributed by atoms with Gasteiger partial charge in [-0.1, -0.05) is 25.0 Å². The summed E-state index contributed by atoms with van der Waals surface area (Å²) in [5, 5.41) is 11.9. The second kappa shape index (κ2) is 6.89. The summed E-state index contributed by atoms with van der Waals surface area (Å²) in [4.78, 5) is 8.79. The summed E-state index contributed by atoms with van der Waals surface area (Å²) in [5.74, 6) is 1.09. The molecule has 0 spiro atoms. The van der Waals surface area contributed by atoms with Crippen LogP contribution in [0.1, 0.15) is 25.7 Å². The molecule has 5 nitrogen and oxygen atoms in total. The number of fused-ring (bicyclic) bond motifs is 1. The van der Waals surface area contributed by atoms with E-state index < -0.39 is 0 Å². The summed E-state index contributed by atoms with van der Waals surface area (Å²) in [6, 6.07) is 7.68. The molecule has 1 heterocycles. The Bertz CT molecular complexity index is 530. The molecule has 4 N–H and O–H groups in total. The van der Waals surface area contributed by atoms with Crippen molar-refractivity contribution in [3.63, 3.8) is 0 Å². The van der Waals surface area contributed by atoms with Crippen LogP contribution in [0.2, 0.25) is 0 Å². The highest BCUT2D eigenvalue weighted by molar-refractivity contribution is 5.79. The first kappa shape index (κ1) is 13.5. The molecule has 2 rings (SSSR count). The van der Waals surface area contributed by atoms with E-state index >= 15 is 0 Å². The number of rotatable bonds is 7. The monoisotopic (exact) mass is 260 g/mol. The second-order valence-electron chi connectivity index (χ2n) is 4.51. The van der Waals surface area contributed by atoms with E-state index in [9.17, 15) is 0 Å². The number of hydrogen-bond acceptors (Lipinski definition) is 5. The van der Waals surface area contributed by atoms with Gasteiger partial charge in [0.05, 0.1) is 11.0 Å². The van der Waals surface area contributed by atoms with Crippen LogP contribution in [0.4, 0.5) is 11.6 Å². The molecule has 0 radical (unpaired) electrons. The number of anilines is 2. The van der Waals surface area contributed by atoms with Crippen molar-refractivity contribution in [2.45, 2.75) is 25.7 Å². The topological polar surface area (TPSA) is 84.1 Å². The van der Waals surface area contributed by atoms with Crippen LogP contribution in [0.15, 0.2) is 24.3 Å². The molecule has 5 heteroatoms. The number of unbranched alkanes of at least 4 members (excludes halogenated alkanes) is 3. The first-order valence-electron chi connectivity index (χ1n) is 6.68. The molecular formula is C14H20N4O. The maximum absolute atomic E-state index is 8.69. The molecule has 0 aliphatic rings. The fraction of sp³-hybridized carbons (Fsp3) is 0.429. The fourth-order valence-electron chi connectivity index (χ4n) is 1.94. The molecule has 0 unspecified atom stereocenters. The molecule has 0 atom stereocenters. The van der Waals surface area contributed by atoms with Crippen LogP contribution >= 0.6 is 0 Å². The lowest BCUT2D eigenvalue weighted by Crippen LogP contribution is -2.08. The molecule has 0 fully saturated rings. The molecular weight excluding hydrogens is 240 g/mol. The van der Waals surface area contributed by atoms with Gasteiger partial charge in [-0.3, -0.25) is 0 Å². The van der Waals surface area contributed by atoms with Gasteiger partial charge in [0.15, 0.2) is 11.6 Å². The standard InChI is InChI=1S/C14H20N4O/c15-13-14(16-9-5-1-2-6-10-19)18-12-8-4-3-7-11(12)17-13/h3-4,7-8,19H,1-2,5-6,9-10H2,(H2,15,17)(H,16,18). The van der Waals surface area contributed by atoms with Gasteiger partial charge in [-0.2, -0.15) is 0 Å². The molecule has 0 saturated heterocycles. The van der Waals surface area contributed by atoms with Crippen molar-refractivity contribution in [2.75, 3.05) is 24.2 Å². The number of aliphatic hydroxyl groups excluding tert-OH is 1. The number of nitrogens with two attached hydrogens (primary N) is 1. The predicted octanol–water partition coefficient (Wildman–Crippen LogP) is 2.18. The zero-order valence-electron chi connectivity index (χ0n) is 11.0. The summed E-state index contributed by atoms with van der Waals surface area (Å²) in [6.45, 7) is 1.10. The van der Waals surface area contributed by atoms with Gasteiger partial charge in [0.25, 0.3) is 0 Å². The van der Waals surface area contributed by atoms with Crippen molar-refractivity contribution in [3.05, 3.63) is 24.3 Å². The number of nitrogens with zero attached hydrogens (tertiary/aromatic N) is 2. The number of benzene rings is 1. The van der Waals surface area contributed by atoms with Gasteiger partial charge in [0, 0.05) is 13.2 Å². The van der Waals surface area contributed by atoms with E-state index in [2.05, 4.69) is 15.3 Å². The summed E-state index contributed by atoms with van der Waals surface area (Å²) in [5.41, 5.74) is 7.54. The van der Waals surface area contributed by atoms with E-state index in [4.69, 9.17) is 10.8 Å². The highest BCUT2D eigenvalue weighted by Crippen LogP contribution is 2.18. The minimum absolute atomic E-state index is 0.274. The van der Waals surface area contributed by atoms with Crippen molar-refractivity contribution in [2.24, 2.45) is 0 Å². The van der Waals surface area contributed by atoms with Crippen molar-refractivity contribution in [1.29, 1.82) is 0 Å². The first-order valence-corrected chi connectivity index (χ1v) is 6.68.